The fourth-order valence-electron chi connectivity index (χ4n) is 3.34. The van der Waals surface area contributed by atoms with Crippen molar-refractivity contribution < 1.29 is 5.11 Å². The van der Waals surface area contributed by atoms with Crippen LogP contribution in [0, 0.1) is 0 Å². The van der Waals surface area contributed by atoms with Crippen molar-refractivity contribution in [1.82, 2.24) is 4.90 Å². The monoisotopic (exact) mass is 289 g/mol. The molecule has 1 N–H and O–H groups in total. The van der Waals surface area contributed by atoms with E-state index < -0.39 is 6.10 Å². The molecule has 0 bridgehead atoms. The van der Waals surface area contributed by atoms with Crippen LogP contribution in [0.1, 0.15) is 71.1 Å². The number of aliphatic hydroxyl groups is 1. The third-order valence-corrected chi connectivity index (χ3v) is 5.23. The Morgan fingerprint density at radius 1 is 1.05 bits per heavy atom. The molecule has 0 saturated carbocycles. The highest BCUT2D eigenvalue weighted by Crippen LogP contribution is 2.37. The normalized spacial score (nSPS) is 21.2. The first-order valence-corrected chi connectivity index (χ1v) is 8.32. The maximum Gasteiger partial charge on any atom is 0.0970 e. The molecule has 0 amide bonds. The fourth-order valence-corrected chi connectivity index (χ4v) is 3.34. The van der Waals surface area contributed by atoms with Crippen LogP contribution in [0.3, 0.4) is 0 Å². The van der Waals surface area contributed by atoms with Gasteiger partial charge in [0, 0.05) is 5.54 Å². The molecule has 2 unspecified atom stereocenters. The van der Waals surface area contributed by atoms with E-state index in [1.807, 2.05) is 0 Å². The lowest BCUT2D eigenvalue weighted by Gasteiger charge is -2.42. The van der Waals surface area contributed by atoms with Crippen LogP contribution in [-0.4, -0.2) is 28.6 Å². The van der Waals surface area contributed by atoms with Gasteiger partial charge in [-0.05, 0) is 55.8 Å². The van der Waals surface area contributed by atoms with Crippen molar-refractivity contribution in [2.45, 2.75) is 70.9 Å². The summed E-state index contributed by atoms with van der Waals surface area (Å²) in [5, 5.41) is 11.0. The van der Waals surface area contributed by atoms with Crippen LogP contribution in [0.5, 0.6) is 0 Å². The van der Waals surface area contributed by atoms with Gasteiger partial charge in [0.1, 0.15) is 0 Å². The number of hydrogen-bond donors (Lipinski definition) is 1. The number of hydrogen-bond acceptors (Lipinski definition) is 2. The Balaban J connectivity index is 2.23. The van der Waals surface area contributed by atoms with E-state index in [9.17, 15) is 5.11 Å². The van der Waals surface area contributed by atoms with Crippen LogP contribution in [0.25, 0.3) is 0 Å². The predicted octanol–water partition coefficient (Wildman–Crippen LogP) is 4.28. The van der Waals surface area contributed by atoms with Crippen LogP contribution < -0.4 is 0 Å². The number of aliphatic hydroxyl groups excluding tert-OH is 1. The Labute approximate surface area is 130 Å². The van der Waals surface area contributed by atoms with Gasteiger partial charge < -0.3 is 5.11 Å². The first-order chi connectivity index (χ1) is 9.79. The Kier molecular flexibility index (Phi) is 4.79. The van der Waals surface area contributed by atoms with Crippen LogP contribution >= 0.6 is 0 Å². The van der Waals surface area contributed by atoms with Crippen LogP contribution in [0.4, 0.5) is 0 Å². The zero-order valence-corrected chi connectivity index (χ0v) is 14.3. The summed E-state index contributed by atoms with van der Waals surface area (Å²) in [6.45, 7) is 13.3. The summed E-state index contributed by atoms with van der Waals surface area (Å²) in [6.07, 6.45) is 3.06. The van der Waals surface area contributed by atoms with Gasteiger partial charge in [-0.15, -0.1) is 0 Å². The van der Waals surface area contributed by atoms with Gasteiger partial charge in [0.25, 0.3) is 0 Å². The lowest BCUT2D eigenvalue weighted by molar-refractivity contribution is -0.0140. The molecule has 1 fully saturated rings. The van der Waals surface area contributed by atoms with E-state index in [1.54, 1.807) is 0 Å². The fraction of sp³-hybridized carbons (Fsp3) is 0.684. The number of nitrogens with zero attached hydrogens (tertiary/aromatic N) is 1. The van der Waals surface area contributed by atoms with Crippen molar-refractivity contribution in [3.8, 4) is 0 Å². The van der Waals surface area contributed by atoms with Crippen molar-refractivity contribution in [2.75, 3.05) is 13.1 Å². The minimum atomic E-state index is -0.422. The third-order valence-electron chi connectivity index (χ3n) is 5.23. The summed E-state index contributed by atoms with van der Waals surface area (Å²) in [5.41, 5.74) is 2.36. The molecular weight excluding hydrogens is 258 g/mol. The molecule has 2 nitrogen and oxygen atoms in total. The van der Waals surface area contributed by atoms with Crippen molar-refractivity contribution in [3.63, 3.8) is 0 Å². The zero-order chi connectivity index (χ0) is 15.7. The van der Waals surface area contributed by atoms with Crippen molar-refractivity contribution in [1.29, 1.82) is 0 Å². The molecular formula is C19H31NO. The summed E-state index contributed by atoms with van der Waals surface area (Å²) in [7, 11) is 0. The molecule has 1 aliphatic rings. The highest BCUT2D eigenvalue weighted by Gasteiger charge is 2.39. The van der Waals surface area contributed by atoms with E-state index in [0.29, 0.717) is 0 Å². The van der Waals surface area contributed by atoms with E-state index in [-0.39, 0.29) is 11.0 Å². The van der Waals surface area contributed by atoms with E-state index >= 15 is 0 Å². The van der Waals surface area contributed by atoms with Gasteiger partial charge in [0.15, 0.2) is 0 Å². The van der Waals surface area contributed by atoms with Gasteiger partial charge >= 0.3 is 0 Å². The predicted molar refractivity (Wildman–Crippen MR) is 89.6 cm³/mol. The molecule has 0 radical (unpaired) electrons. The largest absolute Gasteiger partial charge is 0.386 e. The lowest BCUT2D eigenvalue weighted by Crippen LogP contribution is -2.48. The summed E-state index contributed by atoms with van der Waals surface area (Å²) in [4.78, 5) is 2.47. The zero-order valence-electron chi connectivity index (χ0n) is 14.3. The molecule has 0 spiro atoms. The number of benzene rings is 1. The average molecular weight is 289 g/mol. The Morgan fingerprint density at radius 2 is 1.57 bits per heavy atom. The summed E-state index contributed by atoms with van der Waals surface area (Å²) in [6, 6.07) is 8.54. The molecule has 21 heavy (non-hydrogen) atoms. The molecule has 1 aromatic carbocycles. The third kappa shape index (κ3) is 3.32. The second-order valence-corrected chi connectivity index (χ2v) is 7.68. The second kappa shape index (κ2) is 6.10. The molecule has 1 saturated heterocycles. The van der Waals surface area contributed by atoms with Crippen molar-refractivity contribution in [3.05, 3.63) is 35.4 Å². The van der Waals surface area contributed by atoms with Gasteiger partial charge in [-0.1, -0.05) is 52.0 Å². The van der Waals surface area contributed by atoms with Crippen molar-refractivity contribution in [2.24, 2.45) is 0 Å². The average Bonchev–Trinajstić information content (AvgIpc) is 2.99. The first kappa shape index (κ1) is 16.5. The minimum Gasteiger partial charge on any atom is -0.386 e. The van der Waals surface area contributed by atoms with Gasteiger partial charge in [0.2, 0.25) is 0 Å². The van der Waals surface area contributed by atoms with E-state index in [1.165, 1.54) is 18.4 Å². The first-order valence-electron chi connectivity index (χ1n) is 8.32. The van der Waals surface area contributed by atoms with E-state index in [4.69, 9.17) is 0 Å². The molecule has 0 aromatic heterocycles. The minimum absolute atomic E-state index is 0.153. The van der Waals surface area contributed by atoms with Crippen molar-refractivity contribution >= 4 is 0 Å². The van der Waals surface area contributed by atoms with Gasteiger partial charge in [0.05, 0.1) is 6.10 Å². The molecule has 0 aliphatic carbocycles. The van der Waals surface area contributed by atoms with Crippen LogP contribution in [0.15, 0.2) is 24.3 Å². The highest BCUT2D eigenvalue weighted by atomic mass is 16.3. The highest BCUT2D eigenvalue weighted by molar-refractivity contribution is 5.30. The lowest BCUT2D eigenvalue weighted by atomic mass is 9.82. The molecule has 2 rings (SSSR count). The molecule has 118 valence electrons. The van der Waals surface area contributed by atoms with Crippen LogP contribution in [0.2, 0.25) is 0 Å². The molecule has 1 aliphatic heterocycles. The topological polar surface area (TPSA) is 23.5 Å². The molecule has 2 heteroatoms. The van der Waals surface area contributed by atoms with E-state index in [2.05, 4.69) is 63.8 Å². The SMILES string of the molecule is CCC(C)(C(O)c1ccc(C(C)(C)C)cc1)N1CCCC1. The Hall–Kier alpha value is -0.860. The summed E-state index contributed by atoms with van der Waals surface area (Å²) >= 11 is 0. The smallest absolute Gasteiger partial charge is 0.0970 e. The maximum absolute atomic E-state index is 11.0. The summed E-state index contributed by atoms with van der Waals surface area (Å²) < 4.78 is 0. The van der Waals surface area contributed by atoms with Gasteiger partial charge in [-0.25, -0.2) is 0 Å². The van der Waals surface area contributed by atoms with Gasteiger partial charge in [-0.3, -0.25) is 4.90 Å². The van der Waals surface area contributed by atoms with Gasteiger partial charge in [-0.2, -0.15) is 0 Å². The molecule has 1 aromatic rings. The number of rotatable bonds is 4. The quantitative estimate of drug-likeness (QED) is 0.894. The number of likely N-dealkylation sites (tertiary alicyclic amines) is 1. The molecule has 2 atom stereocenters. The van der Waals surface area contributed by atoms with E-state index in [0.717, 1.165) is 25.1 Å². The molecule has 1 heterocycles. The second-order valence-electron chi connectivity index (χ2n) is 7.68. The maximum atomic E-state index is 11.0. The standard InChI is InChI=1S/C19H31NO/c1-6-19(5,20-13-7-8-14-20)17(21)15-9-11-16(12-10-15)18(2,3)4/h9-12,17,21H,6-8,13-14H2,1-5H3. The van der Waals surface area contributed by atoms with Crippen LogP contribution in [-0.2, 0) is 5.41 Å². The Bertz CT molecular complexity index is 453. The Morgan fingerprint density at radius 3 is 2.00 bits per heavy atom. The summed E-state index contributed by atoms with van der Waals surface area (Å²) in [5.74, 6) is 0.